The van der Waals surface area contributed by atoms with Gasteiger partial charge in [-0.3, -0.25) is 9.59 Å². The van der Waals surface area contributed by atoms with Crippen molar-refractivity contribution in [3.8, 4) is 0 Å². The minimum absolute atomic E-state index is 0.0808. The standard InChI is InChI=1S/C14H15F2NO3S/c15-11-4-3-10(6-12(11)16)21-8-13(18)17-5-1-2-9(7-17)14(19)20/h3-4,6,9H,1-2,5,7-8H2,(H,19,20). The van der Waals surface area contributed by atoms with Crippen molar-refractivity contribution in [1.82, 2.24) is 4.90 Å². The molecule has 1 fully saturated rings. The monoisotopic (exact) mass is 315 g/mol. The Balaban J connectivity index is 1.89. The number of carbonyl (C=O) groups is 2. The zero-order chi connectivity index (χ0) is 15.4. The van der Waals surface area contributed by atoms with Crippen molar-refractivity contribution in [2.24, 2.45) is 5.92 Å². The van der Waals surface area contributed by atoms with Gasteiger partial charge in [0.2, 0.25) is 5.91 Å². The third-order valence-corrected chi connectivity index (χ3v) is 4.36. The largest absolute Gasteiger partial charge is 0.481 e. The third-order valence-electron chi connectivity index (χ3n) is 3.38. The van der Waals surface area contributed by atoms with Crippen LogP contribution in [0.15, 0.2) is 23.1 Å². The van der Waals surface area contributed by atoms with E-state index in [9.17, 15) is 18.4 Å². The maximum atomic E-state index is 13.0. The third kappa shape index (κ3) is 4.17. The van der Waals surface area contributed by atoms with Gasteiger partial charge in [-0.2, -0.15) is 0 Å². The molecule has 4 nitrogen and oxygen atoms in total. The van der Waals surface area contributed by atoms with Gasteiger partial charge in [-0.15, -0.1) is 11.8 Å². The van der Waals surface area contributed by atoms with Crippen LogP contribution in [-0.4, -0.2) is 40.7 Å². The Morgan fingerprint density at radius 1 is 1.33 bits per heavy atom. The number of aliphatic carboxylic acids is 1. The second-order valence-corrected chi connectivity index (χ2v) is 5.93. The number of thioether (sulfide) groups is 1. The van der Waals surface area contributed by atoms with Gasteiger partial charge >= 0.3 is 5.97 Å². The summed E-state index contributed by atoms with van der Waals surface area (Å²) < 4.78 is 25.8. The van der Waals surface area contributed by atoms with Crippen LogP contribution in [0.2, 0.25) is 0 Å². The summed E-state index contributed by atoms with van der Waals surface area (Å²) in [4.78, 5) is 25.0. The molecule has 114 valence electrons. The van der Waals surface area contributed by atoms with Crippen LogP contribution in [0.3, 0.4) is 0 Å². The second kappa shape index (κ2) is 6.89. The molecule has 1 saturated heterocycles. The number of carbonyl (C=O) groups excluding carboxylic acids is 1. The zero-order valence-electron chi connectivity index (χ0n) is 11.2. The van der Waals surface area contributed by atoms with E-state index in [0.717, 1.165) is 23.9 Å². The van der Waals surface area contributed by atoms with E-state index in [-0.39, 0.29) is 18.2 Å². The average molecular weight is 315 g/mol. The molecule has 1 aliphatic heterocycles. The lowest BCUT2D eigenvalue weighted by atomic mass is 9.98. The molecule has 0 radical (unpaired) electrons. The second-order valence-electron chi connectivity index (χ2n) is 4.88. The number of halogens is 2. The van der Waals surface area contributed by atoms with Gasteiger partial charge in [-0.1, -0.05) is 0 Å². The van der Waals surface area contributed by atoms with Crippen LogP contribution < -0.4 is 0 Å². The lowest BCUT2D eigenvalue weighted by Crippen LogP contribution is -2.43. The Bertz CT molecular complexity index is 553. The molecule has 2 rings (SSSR count). The highest BCUT2D eigenvalue weighted by Crippen LogP contribution is 2.22. The fraction of sp³-hybridized carbons (Fsp3) is 0.429. The highest BCUT2D eigenvalue weighted by atomic mass is 32.2. The molecule has 0 spiro atoms. The molecule has 1 unspecified atom stereocenters. The van der Waals surface area contributed by atoms with Gasteiger partial charge in [-0.05, 0) is 31.0 Å². The van der Waals surface area contributed by atoms with E-state index >= 15 is 0 Å². The molecule has 0 aromatic heterocycles. The normalized spacial score (nSPS) is 18.6. The van der Waals surface area contributed by atoms with Crippen molar-refractivity contribution < 1.29 is 23.5 Å². The van der Waals surface area contributed by atoms with Gasteiger partial charge in [0, 0.05) is 18.0 Å². The summed E-state index contributed by atoms with van der Waals surface area (Å²) in [6, 6.07) is 3.47. The fourth-order valence-corrected chi connectivity index (χ4v) is 3.03. The van der Waals surface area contributed by atoms with Crippen LogP contribution in [0, 0.1) is 17.6 Å². The Labute approximate surface area is 125 Å². The van der Waals surface area contributed by atoms with Gasteiger partial charge in [-0.25, -0.2) is 8.78 Å². The van der Waals surface area contributed by atoms with Gasteiger partial charge in [0.25, 0.3) is 0 Å². The summed E-state index contributed by atoms with van der Waals surface area (Å²) >= 11 is 1.11. The SMILES string of the molecule is O=C(O)C1CCCN(C(=O)CSc2ccc(F)c(F)c2)C1. The number of hydrogen-bond acceptors (Lipinski definition) is 3. The predicted molar refractivity (Wildman–Crippen MR) is 74.0 cm³/mol. The van der Waals surface area contributed by atoms with Gasteiger partial charge in [0.05, 0.1) is 11.7 Å². The summed E-state index contributed by atoms with van der Waals surface area (Å²) in [6.07, 6.45) is 1.24. The van der Waals surface area contributed by atoms with E-state index in [1.165, 1.54) is 11.0 Å². The Morgan fingerprint density at radius 3 is 2.76 bits per heavy atom. The summed E-state index contributed by atoms with van der Waals surface area (Å²) in [5.41, 5.74) is 0. The molecule has 1 N–H and O–H groups in total. The summed E-state index contributed by atoms with van der Waals surface area (Å²) in [5.74, 6) is -3.38. The molecule has 1 aromatic carbocycles. The maximum absolute atomic E-state index is 13.0. The van der Waals surface area contributed by atoms with E-state index < -0.39 is 23.5 Å². The van der Waals surface area contributed by atoms with Crippen LogP contribution in [0.5, 0.6) is 0 Å². The fourth-order valence-electron chi connectivity index (χ4n) is 2.21. The Kier molecular flexibility index (Phi) is 5.17. The van der Waals surface area contributed by atoms with Crippen LogP contribution in [0.1, 0.15) is 12.8 Å². The van der Waals surface area contributed by atoms with Crippen LogP contribution in [0.25, 0.3) is 0 Å². The van der Waals surface area contributed by atoms with E-state index in [0.29, 0.717) is 24.3 Å². The number of rotatable bonds is 4. The molecule has 1 heterocycles. The highest BCUT2D eigenvalue weighted by molar-refractivity contribution is 8.00. The van der Waals surface area contributed by atoms with Gasteiger partial charge < -0.3 is 10.0 Å². The van der Waals surface area contributed by atoms with Gasteiger partial charge in [0.1, 0.15) is 0 Å². The first-order chi connectivity index (χ1) is 9.97. The van der Waals surface area contributed by atoms with Crippen molar-refractivity contribution in [1.29, 1.82) is 0 Å². The number of carboxylic acid groups (broad SMARTS) is 1. The van der Waals surface area contributed by atoms with E-state index in [1.54, 1.807) is 0 Å². The molecule has 1 amide bonds. The van der Waals surface area contributed by atoms with Crippen LogP contribution >= 0.6 is 11.8 Å². The number of amides is 1. The zero-order valence-corrected chi connectivity index (χ0v) is 12.0. The smallest absolute Gasteiger partial charge is 0.308 e. The van der Waals surface area contributed by atoms with Crippen LogP contribution in [0.4, 0.5) is 8.78 Å². The first-order valence-electron chi connectivity index (χ1n) is 6.56. The molecular formula is C14H15F2NO3S. The summed E-state index contributed by atoms with van der Waals surface area (Å²) in [5, 5.41) is 8.98. The average Bonchev–Trinajstić information content (AvgIpc) is 2.48. The van der Waals surface area contributed by atoms with Gasteiger partial charge in [0.15, 0.2) is 11.6 Å². The van der Waals surface area contributed by atoms with E-state index in [4.69, 9.17) is 5.11 Å². The lowest BCUT2D eigenvalue weighted by Gasteiger charge is -2.30. The number of nitrogens with zero attached hydrogens (tertiary/aromatic N) is 1. The van der Waals surface area contributed by atoms with Crippen molar-refractivity contribution in [2.45, 2.75) is 17.7 Å². The maximum Gasteiger partial charge on any atom is 0.308 e. The quantitative estimate of drug-likeness (QED) is 0.867. The molecule has 1 aromatic rings. The Hall–Kier alpha value is -1.63. The van der Waals surface area contributed by atoms with Crippen molar-refractivity contribution in [3.05, 3.63) is 29.8 Å². The van der Waals surface area contributed by atoms with Crippen molar-refractivity contribution >= 4 is 23.6 Å². The number of hydrogen-bond donors (Lipinski definition) is 1. The number of likely N-dealkylation sites (tertiary alicyclic amines) is 1. The highest BCUT2D eigenvalue weighted by Gasteiger charge is 2.27. The molecule has 0 aliphatic carbocycles. The van der Waals surface area contributed by atoms with E-state index in [1.807, 2.05) is 0 Å². The summed E-state index contributed by atoms with van der Waals surface area (Å²) in [7, 11) is 0. The minimum Gasteiger partial charge on any atom is -0.481 e. The number of piperidine rings is 1. The summed E-state index contributed by atoms with van der Waals surface area (Å²) in [6.45, 7) is 0.757. The van der Waals surface area contributed by atoms with Crippen molar-refractivity contribution in [3.63, 3.8) is 0 Å². The van der Waals surface area contributed by atoms with E-state index in [2.05, 4.69) is 0 Å². The number of carboxylic acids is 1. The molecule has 1 aliphatic rings. The molecule has 7 heteroatoms. The number of benzene rings is 1. The molecule has 0 bridgehead atoms. The molecule has 0 saturated carbocycles. The van der Waals surface area contributed by atoms with Crippen LogP contribution in [-0.2, 0) is 9.59 Å². The first-order valence-corrected chi connectivity index (χ1v) is 7.54. The molecular weight excluding hydrogens is 300 g/mol. The predicted octanol–water partition coefficient (Wildman–Crippen LogP) is 2.38. The lowest BCUT2D eigenvalue weighted by molar-refractivity contribution is -0.145. The first kappa shape index (κ1) is 15.8. The molecule has 21 heavy (non-hydrogen) atoms. The minimum atomic E-state index is -0.948. The molecule has 1 atom stereocenters. The topological polar surface area (TPSA) is 57.6 Å². The Morgan fingerprint density at radius 2 is 2.10 bits per heavy atom. The van der Waals surface area contributed by atoms with Crippen molar-refractivity contribution in [2.75, 3.05) is 18.8 Å².